The van der Waals surface area contributed by atoms with Crippen molar-refractivity contribution < 1.29 is 5.11 Å². The van der Waals surface area contributed by atoms with Crippen molar-refractivity contribution in [2.45, 2.75) is 39.4 Å². The van der Waals surface area contributed by atoms with E-state index >= 15 is 0 Å². The van der Waals surface area contributed by atoms with Crippen LogP contribution in [0.4, 0.5) is 0 Å². The average molecular weight is 405 g/mol. The lowest BCUT2D eigenvalue weighted by Gasteiger charge is -2.42. The minimum Gasteiger partial charge on any atom is -0.396 e. The van der Waals surface area contributed by atoms with Crippen molar-refractivity contribution in [2.75, 3.05) is 26.2 Å². The highest BCUT2D eigenvalue weighted by Gasteiger charge is 2.27. The number of aliphatic hydroxyl groups excluding tert-OH is 1. The Labute approximate surface area is 179 Å². The number of rotatable bonds is 7. The number of aromatic nitrogens is 2. The molecule has 1 fully saturated rings. The number of aliphatic hydroxyl groups is 1. The molecule has 5 nitrogen and oxygen atoms in total. The molecule has 2 heterocycles. The van der Waals surface area contributed by atoms with Gasteiger partial charge in [0, 0.05) is 57.8 Å². The van der Waals surface area contributed by atoms with Crippen LogP contribution < -0.4 is 0 Å². The van der Waals surface area contributed by atoms with E-state index in [0.29, 0.717) is 6.04 Å². The van der Waals surface area contributed by atoms with Crippen LogP contribution in [0.25, 0.3) is 5.69 Å². The van der Waals surface area contributed by atoms with Gasteiger partial charge in [0.1, 0.15) is 0 Å². The molecule has 0 spiro atoms. The fourth-order valence-electron chi connectivity index (χ4n) is 4.45. The number of hydrogen-bond acceptors (Lipinski definition) is 4. The summed E-state index contributed by atoms with van der Waals surface area (Å²) >= 11 is 0. The van der Waals surface area contributed by atoms with E-state index in [9.17, 15) is 5.11 Å². The molecule has 0 unspecified atom stereocenters. The largest absolute Gasteiger partial charge is 0.396 e. The van der Waals surface area contributed by atoms with Crippen LogP contribution >= 0.6 is 0 Å². The number of nitrogens with zero attached hydrogens (tertiary/aromatic N) is 4. The summed E-state index contributed by atoms with van der Waals surface area (Å²) in [6, 6.07) is 17.5. The van der Waals surface area contributed by atoms with E-state index in [-0.39, 0.29) is 6.61 Å². The highest BCUT2D eigenvalue weighted by atomic mass is 16.3. The van der Waals surface area contributed by atoms with Crippen molar-refractivity contribution in [3.8, 4) is 5.69 Å². The summed E-state index contributed by atoms with van der Waals surface area (Å²) in [6.45, 7) is 9.42. The van der Waals surface area contributed by atoms with Crippen molar-refractivity contribution >= 4 is 0 Å². The van der Waals surface area contributed by atoms with Gasteiger partial charge in [-0.05, 0) is 49.1 Å². The third-order valence-corrected chi connectivity index (χ3v) is 6.17. The van der Waals surface area contributed by atoms with Gasteiger partial charge in [0.15, 0.2) is 0 Å². The molecule has 0 amide bonds. The second-order valence-corrected chi connectivity index (χ2v) is 8.38. The predicted molar refractivity (Wildman–Crippen MR) is 121 cm³/mol. The van der Waals surface area contributed by atoms with Crippen molar-refractivity contribution in [3.63, 3.8) is 0 Å². The van der Waals surface area contributed by atoms with Crippen LogP contribution in [0, 0.1) is 13.8 Å². The van der Waals surface area contributed by atoms with Gasteiger partial charge in [0.25, 0.3) is 0 Å². The Morgan fingerprint density at radius 1 is 1.00 bits per heavy atom. The highest BCUT2D eigenvalue weighted by molar-refractivity contribution is 5.42. The molecule has 0 aliphatic carbocycles. The van der Waals surface area contributed by atoms with Crippen LogP contribution in [0.2, 0.25) is 0 Å². The maximum absolute atomic E-state index is 9.68. The van der Waals surface area contributed by atoms with Crippen molar-refractivity contribution in [2.24, 2.45) is 0 Å². The zero-order valence-electron chi connectivity index (χ0n) is 18.0. The van der Waals surface area contributed by atoms with Gasteiger partial charge in [0.05, 0.1) is 5.69 Å². The molecular weight excluding hydrogens is 372 g/mol. The predicted octanol–water partition coefficient (Wildman–Crippen LogP) is 3.56. The Hall–Kier alpha value is -2.47. The smallest absolute Gasteiger partial charge is 0.0690 e. The number of benzene rings is 2. The summed E-state index contributed by atoms with van der Waals surface area (Å²) in [4.78, 5) is 5.07. The molecular formula is C25H32N4O. The summed E-state index contributed by atoms with van der Waals surface area (Å²) in [7, 11) is 0. The van der Waals surface area contributed by atoms with Crippen molar-refractivity contribution in [1.82, 2.24) is 19.6 Å². The Morgan fingerprint density at radius 2 is 1.87 bits per heavy atom. The summed E-state index contributed by atoms with van der Waals surface area (Å²) in [5, 5.41) is 14.1. The molecule has 158 valence electrons. The van der Waals surface area contributed by atoms with Crippen LogP contribution in [0.3, 0.4) is 0 Å². The SMILES string of the molecule is Cc1ccc(-n2cccn2)c(CN2CCN(Cc3ccccc3C)[C@@H](CCO)C2)c1. The molecule has 3 aromatic rings. The van der Waals surface area contributed by atoms with Gasteiger partial charge in [-0.15, -0.1) is 0 Å². The summed E-state index contributed by atoms with van der Waals surface area (Å²) in [6.07, 6.45) is 4.64. The van der Waals surface area contributed by atoms with E-state index in [1.807, 2.05) is 23.1 Å². The minimum absolute atomic E-state index is 0.228. The summed E-state index contributed by atoms with van der Waals surface area (Å²) in [5.74, 6) is 0. The molecule has 1 aromatic heterocycles. The van der Waals surface area contributed by atoms with Crippen LogP contribution in [0.15, 0.2) is 60.9 Å². The van der Waals surface area contributed by atoms with Gasteiger partial charge < -0.3 is 5.11 Å². The Morgan fingerprint density at radius 3 is 2.63 bits per heavy atom. The van der Waals surface area contributed by atoms with E-state index < -0.39 is 0 Å². The molecule has 1 saturated heterocycles. The zero-order valence-corrected chi connectivity index (χ0v) is 18.0. The van der Waals surface area contributed by atoms with Crippen LogP contribution in [-0.2, 0) is 13.1 Å². The first-order valence-electron chi connectivity index (χ1n) is 10.9. The zero-order chi connectivity index (χ0) is 20.9. The second kappa shape index (κ2) is 9.56. The lowest BCUT2D eigenvalue weighted by Crippen LogP contribution is -2.52. The standard InChI is InChI=1S/C25H32N4O/c1-20-8-9-25(29-12-5-11-26-29)23(16-20)17-27-13-14-28(24(19-27)10-15-30)18-22-7-4-3-6-21(22)2/h3-9,11-12,16,24,30H,10,13-15,17-19H2,1-2H3/t24-/m0/s1. The van der Waals surface area contributed by atoms with Crippen molar-refractivity contribution in [1.29, 1.82) is 0 Å². The minimum atomic E-state index is 0.228. The van der Waals surface area contributed by atoms with Crippen LogP contribution in [-0.4, -0.2) is 57.0 Å². The Bertz CT molecular complexity index is 954. The lowest BCUT2D eigenvalue weighted by atomic mass is 10.0. The fourth-order valence-corrected chi connectivity index (χ4v) is 4.45. The molecule has 2 aromatic carbocycles. The molecule has 4 rings (SSSR count). The van der Waals surface area contributed by atoms with E-state index in [2.05, 4.69) is 71.2 Å². The van der Waals surface area contributed by atoms with E-state index in [1.165, 1.54) is 22.3 Å². The van der Waals surface area contributed by atoms with Crippen molar-refractivity contribution in [3.05, 3.63) is 83.2 Å². The molecule has 1 atom stereocenters. The fraction of sp³-hybridized carbons (Fsp3) is 0.400. The number of hydrogen-bond donors (Lipinski definition) is 1. The molecule has 5 heteroatoms. The summed E-state index contributed by atoms with van der Waals surface area (Å²) in [5.41, 5.74) is 6.44. The number of piperazine rings is 1. The van der Waals surface area contributed by atoms with E-state index in [4.69, 9.17) is 0 Å². The average Bonchev–Trinajstić information content (AvgIpc) is 3.26. The summed E-state index contributed by atoms with van der Waals surface area (Å²) < 4.78 is 1.95. The van der Waals surface area contributed by atoms with Gasteiger partial charge in [-0.3, -0.25) is 9.80 Å². The molecule has 0 radical (unpaired) electrons. The second-order valence-electron chi connectivity index (χ2n) is 8.38. The van der Waals surface area contributed by atoms with Gasteiger partial charge in [-0.2, -0.15) is 5.10 Å². The maximum atomic E-state index is 9.68. The van der Waals surface area contributed by atoms with Crippen LogP contribution in [0.5, 0.6) is 0 Å². The molecule has 1 aliphatic rings. The maximum Gasteiger partial charge on any atom is 0.0690 e. The first-order chi connectivity index (χ1) is 14.6. The van der Waals surface area contributed by atoms with Gasteiger partial charge in [-0.25, -0.2) is 4.68 Å². The van der Waals surface area contributed by atoms with Gasteiger partial charge in [0.2, 0.25) is 0 Å². The van der Waals surface area contributed by atoms with Gasteiger partial charge in [-0.1, -0.05) is 42.0 Å². The Kier molecular flexibility index (Phi) is 6.62. The molecule has 0 bridgehead atoms. The monoisotopic (exact) mass is 404 g/mol. The van der Waals surface area contributed by atoms with Gasteiger partial charge >= 0.3 is 0 Å². The van der Waals surface area contributed by atoms with E-state index in [1.54, 1.807) is 0 Å². The molecule has 1 aliphatic heterocycles. The third kappa shape index (κ3) is 4.81. The lowest BCUT2D eigenvalue weighted by molar-refractivity contribution is 0.0498. The first-order valence-corrected chi connectivity index (χ1v) is 10.9. The molecule has 0 saturated carbocycles. The van der Waals surface area contributed by atoms with E-state index in [0.717, 1.165) is 44.8 Å². The normalized spacial score (nSPS) is 18.0. The Balaban J connectivity index is 1.49. The number of aryl methyl sites for hydroxylation is 2. The first kappa shape index (κ1) is 20.8. The third-order valence-electron chi connectivity index (χ3n) is 6.17. The van der Waals surface area contributed by atoms with Crippen LogP contribution in [0.1, 0.15) is 28.7 Å². The molecule has 1 N–H and O–H groups in total. The molecule has 30 heavy (non-hydrogen) atoms. The highest BCUT2D eigenvalue weighted by Crippen LogP contribution is 2.23. The quantitative estimate of drug-likeness (QED) is 0.654. The topological polar surface area (TPSA) is 44.5 Å².